The predicted molar refractivity (Wildman–Crippen MR) is 92.6 cm³/mol. The van der Waals surface area contributed by atoms with Gasteiger partial charge in [-0.05, 0) is 51.1 Å². The van der Waals surface area contributed by atoms with Crippen LogP contribution >= 0.6 is 0 Å². The highest BCUT2D eigenvalue weighted by molar-refractivity contribution is 6.00. The van der Waals surface area contributed by atoms with E-state index in [-0.39, 0.29) is 5.78 Å². The molecule has 1 aromatic carbocycles. The summed E-state index contributed by atoms with van der Waals surface area (Å²) >= 11 is 0. The van der Waals surface area contributed by atoms with E-state index in [1.807, 2.05) is 20.8 Å². The highest BCUT2D eigenvalue weighted by atomic mass is 16.5. The second kappa shape index (κ2) is 9.55. The summed E-state index contributed by atoms with van der Waals surface area (Å²) in [6.07, 6.45) is 3.82. The van der Waals surface area contributed by atoms with Crippen molar-refractivity contribution in [2.75, 3.05) is 20.8 Å². The summed E-state index contributed by atoms with van der Waals surface area (Å²) in [4.78, 5) is 23.2. The molecule has 130 valence electrons. The molecule has 0 unspecified atom stereocenters. The van der Waals surface area contributed by atoms with E-state index in [1.165, 1.54) is 14.2 Å². The van der Waals surface area contributed by atoms with Crippen molar-refractivity contribution in [1.29, 1.82) is 0 Å². The summed E-state index contributed by atoms with van der Waals surface area (Å²) in [5.74, 6) is 0.539. The van der Waals surface area contributed by atoms with E-state index in [0.717, 1.165) is 11.1 Å². The van der Waals surface area contributed by atoms with E-state index in [0.29, 0.717) is 30.1 Å². The minimum Gasteiger partial charge on any atom is -0.493 e. The maximum atomic E-state index is 11.7. The molecule has 1 aromatic rings. The lowest BCUT2D eigenvalue weighted by molar-refractivity contribution is -0.110. The molecule has 0 heterocycles. The van der Waals surface area contributed by atoms with Gasteiger partial charge in [0.15, 0.2) is 17.3 Å². The van der Waals surface area contributed by atoms with Gasteiger partial charge in [-0.3, -0.25) is 4.79 Å². The molecule has 0 N–H and O–H groups in total. The molecule has 0 bridgehead atoms. The predicted octanol–water partition coefficient (Wildman–Crippen LogP) is 3.73. The zero-order chi connectivity index (χ0) is 18.1. The van der Waals surface area contributed by atoms with Crippen LogP contribution in [-0.2, 0) is 9.53 Å². The minimum atomic E-state index is -0.434. The summed E-state index contributed by atoms with van der Waals surface area (Å²) < 4.78 is 15.6. The average Bonchev–Trinajstić information content (AvgIpc) is 2.53. The van der Waals surface area contributed by atoms with E-state index >= 15 is 0 Å². The molecule has 0 fully saturated rings. The van der Waals surface area contributed by atoms with Gasteiger partial charge in [0.05, 0.1) is 26.4 Å². The first-order chi connectivity index (χ1) is 11.4. The zero-order valence-electron chi connectivity index (χ0n) is 14.8. The van der Waals surface area contributed by atoms with Crippen molar-refractivity contribution in [3.05, 3.63) is 47.1 Å². The van der Waals surface area contributed by atoms with Crippen molar-refractivity contribution in [1.82, 2.24) is 0 Å². The Bertz CT molecular complexity index is 652. The van der Waals surface area contributed by atoms with Gasteiger partial charge in [-0.2, -0.15) is 0 Å². The van der Waals surface area contributed by atoms with Crippen molar-refractivity contribution in [3.63, 3.8) is 0 Å². The van der Waals surface area contributed by atoms with Crippen LogP contribution in [0, 0.1) is 0 Å². The van der Waals surface area contributed by atoms with Crippen LogP contribution in [0.3, 0.4) is 0 Å². The van der Waals surface area contributed by atoms with Gasteiger partial charge in [-0.1, -0.05) is 11.1 Å². The smallest absolute Gasteiger partial charge is 0.337 e. The summed E-state index contributed by atoms with van der Waals surface area (Å²) in [6.45, 7) is 6.05. The molecule has 0 aliphatic carbocycles. The number of methoxy groups -OCH3 is 2. The summed E-state index contributed by atoms with van der Waals surface area (Å²) in [5, 5.41) is 0. The molecule has 0 atom stereocenters. The van der Waals surface area contributed by atoms with Crippen molar-refractivity contribution in [3.8, 4) is 11.5 Å². The lowest BCUT2D eigenvalue weighted by Gasteiger charge is -2.11. The number of esters is 1. The molecule has 0 radical (unpaired) electrons. The highest BCUT2D eigenvalue weighted by Crippen LogP contribution is 2.28. The van der Waals surface area contributed by atoms with Gasteiger partial charge in [0.25, 0.3) is 0 Å². The normalized spacial score (nSPS) is 10.8. The Balaban J connectivity index is 2.68. The molecular weight excluding hydrogens is 308 g/mol. The van der Waals surface area contributed by atoms with Gasteiger partial charge >= 0.3 is 5.97 Å². The lowest BCUT2D eigenvalue weighted by atomic mass is 10.1. The Morgan fingerprint density at radius 2 is 1.75 bits per heavy atom. The van der Waals surface area contributed by atoms with Crippen LogP contribution in [0.25, 0.3) is 0 Å². The van der Waals surface area contributed by atoms with E-state index < -0.39 is 5.97 Å². The molecule has 0 aliphatic rings. The van der Waals surface area contributed by atoms with Crippen molar-refractivity contribution >= 4 is 11.8 Å². The molecular formula is C19H24O5. The van der Waals surface area contributed by atoms with E-state index in [4.69, 9.17) is 9.47 Å². The first-order valence-electron chi connectivity index (χ1n) is 7.62. The number of rotatable bonds is 8. The largest absolute Gasteiger partial charge is 0.493 e. The summed E-state index contributed by atoms with van der Waals surface area (Å²) in [7, 11) is 2.83. The molecule has 0 saturated heterocycles. The van der Waals surface area contributed by atoms with Gasteiger partial charge in [0.1, 0.15) is 0 Å². The highest BCUT2D eigenvalue weighted by Gasteiger charge is 2.11. The van der Waals surface area contributed by atoms with Gasteiger partial charge < -0.3 is 14.2 Å². The third-order valence-corrected chi connectivity index (χ3v) is 3.16. The summed E-state index contributed by atoms with van der Waals surface area (Å²) in [6, 6.07) is 4.85. The Hall–Kier alpha value is -2.56. The average molecular weight is 332 g/mol. The quantitative estimate of drug-likeness (QED) is 0.536. The van der Waals surface area contributed by atoms with Crippen LogP contribution in [0.1, 0.15) is 37.6 Å². The van der Waals surface area contributed by atoms with Crippen LogP contribution in [-0.4, -0.2) is 32.6 Å². The van der Waals surface area contributed by atoms with Crippen molar-refractivity contribution in [2.24, 2.45) is 0 Å². The number of carbonyl (C=O) groups excluding carboxylic acids is 2. The summed E-state index contributed by atoms with van der Waals surface area (Å²) in [5.41, 5.74) is 2.29. The first-order valence-corrected chi connectivity index (χ1v) is 7.62. The van der Waals surface area contributed by atoms with Crippen LogP contribution in [0.15, 0.2) is 41.5 Å². The van der Waals surface area contributed by atoms with Gasteiger partial charge in [-0.25, -0.2) is 4.79 Å². The molecule has 0 amide bonds. The van der Waals surface area contributed by atoms with E-state index in [2.05, 4.69) is 4.74 Å². The van der Waals surface area contributed by atoms with Crippen LogP contribution in [0.5, 0.6) is 11.5 Å². The van der Waals surface area contributed by atoms with E-state index in [9.17, 15) is 9.59 Å². The van der Waals surface area contributed by atoms with Gasteiger partial charge in [0, 0.05) is 6.42 Å². The number of allylic oxidation sites excluding steroid dienone is 3. The molecule has 5 nitrogen and oxygen atoms in total. The molecule has 1 rings (SSSR count). The van der Waals surface area contributed by atoms with Crippen molar-refractivity contribution in [2.45, 2.75) is 27.2 Å². The first kappa shape index (κ1) is 19.5. The minimum absolute atomic E-state index is 0.0208. The number of carbonyl (C=O) groups is 2. The SMILES string of the molecule is COC(=O)c1ccc(OCC/C(C)=C\C(=O)C=C(C)C)c(OC)c1. The topological polar surface area (TPSA) is 61.8 Å². The second-order valence-electron chi connectivity index (χ2n) is 5.57. The maximum absolute atomic E-state index is 11.7. The zero-order valence-corrected chi connectivity index (χ0v) is 14.8. The Morgan fingerprint density at radius 3 is 2.33 bits per heavy atom. The molecule has 0 saturated carbocycles. The standard InChI is InChI=1S/C19H24O5/c1-13(2)10-16(20)11-14(3)8-9-24-17-7-6-15(19(21)23-5)12-18(17)22-4/h6-7,10-12H,8-9H2,1-5H3/b14-11-. The Kier molecular flexibility index (Phi) is 7.75. The molecule has 5 heteroatoms. The number of hydrogen-bond donors (Lipinski definition) is 0. The molecule has 0 spiro atoms. The van der Waals surface area contributed by atoms with Crippen LogP contribution in [0.4, 0.5) is 0 Å². The van der Waals surface area contributed by atoms with Crippen molar-refractivity contribution < 1.29 is 23.8 Å². The molecule has 0 aromatic heterocycles. The fourth-order valence-corrected chi connectivity index (χ4v) is 1.99. The third kappa shape index (κ3) is 6.28. The van der Waals surface area contributed by atoms with Gasteiger partial charge in [-0.15, -0.1) is 0 Å². The molecule has 24 heavy (non-hydrogen) atoms. The number of hydrogen-bond acceptors (Lipinski definition) is 5. The third-order valence-electron chi connectivity index (χ3n) is 3.16. The van der Waals surface area contributed by atoms with E-state index in [1.54, 1.807) is 30.4 Å². The molecule has 0 aliphatic heterocycles. The number of benzene rings is 1. The maximum Gasteiger partial charge on any atom is 0.337 e. The second-order valence-corrected chi connectivity index (χ2v) is 5.57. The Labute approximate surface area is 142 Å². The number of ether oxygens (including phenoxy) is 3. The lowest BCUT2D eigenvalue weighted by Crippen LogP contribution is -2.04. The fraction of sp³-hybridized carbons (Fsp3) is 0.368. The van der Waals surface area contributed by atoms with Gasteiger partial charge in [0.2, 0.25) is 0 Å². The number of ketones is 1. The monoisotopic (exact) mass is 332 g/mol. The fourth-order valence-electron chi connectivity index (χ4n) is 1.99. The van der Waals surface area contributed by atoms with Crippen LogP contribution in [0.2, 0.25) is 0 Å². The van der Waals surface area contributed by atoms with Crippen LogP contribution < -0.4 is 9.47 Å². The Morgan fingerprint density at radius 1 is 1.04 bits per heavy atom.